The van der Waals surface area contributed by atoms with E-state index in [1.807, 2.05) is 32.9 Å². The molecule has 0 heterocycles. The molecule has 0 unspecified atom stereocenters. The molecule has 0 spiro atoms. The topological polar surface area (TPSA) is 35.5 Å². The van der Waals surface area contributed by atoms with Crippen LogP contribution in [0.1, 0.15) is 30.9 Å². The van der Waals surface area contributed by atoms with Crippen LogP contribution in [0.3, 0.4) is 0 Å². The maximum atomic E-state index is 11.2. The Morgan fingerprint density at radius 2 is 1.76 bits per heavy atom. The van der Waals surface area contributed by atoms with E-state index in [-0.39, 0.29) is 5.97 Å². The summed E-state index contributed by atoms with van der Waals surface area (Å²) in [6.07, 6.45) is 1.15. The molecule has 0 aliphatic rings. The van der Waals surface area contributed by atoms with Crippen LogP contribution < -0.4 is 4.74 Å². The number of carbonyl (C=O) groups excluding carboxylic acids is 1. The van der Waals surface area contributed by atoms with Crippen molar-refractivity contribution in [2.24, 2.45) is 0 Å². The van der Waals surface area contributed by atoms with E-state index in [0.29, 0.717) is 19.6 Å². The molecule has 1 rings (SSSR count). The van der Waals surface area contributed by atoms with E-state index in [4.69, 9.17) is 9.47 Å². The average Bonchev–Trinajstić information content (AvgIpc) is 2.25. The van der Waals surface area contributed by atoms with Crippen molar-refractivity contribution in [3.05, 3.63) is 29.3 Å². The lowest BCUT2D eigenvalue weighted by molar-refractivity contribution is -0.144. The molecule has 1 aromatic rings. The molecule has 0 radical (unpaired) electrons. The van der Waals surface area contributed by atoms with Crippen molar-refractivity contribution in [3.63, 3.8) is 0 Å². The van der Waals surface area contributed by atoms with Crippen molar-refractivity contribution in [2.45, 2.75) is 33.6 Å². The Morgan fingerprint density at radius 3 is 2.35 bits per heavy atom. The number of benzene rings is 1. The van der Waals surface area contributed by atoms with Gasteiger partial charge in [-0.05, 0) is 43.5 Å². The third kappa shape index (κ3) is 5.38. The fourth-order valence-corrected chi connectivity index (χ4v) is 1.56. The minimum Gasteiger partial charge on any atom is -0.493 e. The second kappa shape index (κ2) is 6.94. The predicted molar refractivity (Wildman–Crippen MR) is 67.3 cm³/mol. The first-order valence-electron chi connectivity index (χ1n) is 5.98. The van der Waals surface area contributed by atoms with E-state index in [9.17, 15) is 4.79 Å². The fraction of sp³-hybridized carbons (Fsp3) is 0.500. The van der Waals surface area contributed by atoms with Crippen LogP contribution in [0.4, 0.5) is 0 Å². The van der Waals surface area contributed by atoms with Gasteiger partial charge in [-0.25, -0.2) is 0 Å². The predicted octanol–water partition coefficient (Wildman–Crippen LogP) is 3.03. The summed E-state index contributed by atoms with van der Waals surface area (Å²) in [4.78, 5) is 11.2. The molecule has 17 heavy (non-hydrogen) atoms. The van der Waals surface area contributed by atoms with Crippen molar-refractivity contribution >= 4 is 5.97 Å². The monoisotopic (exact) mass is 236 g/mol. The summed E-state index contributed by atoms with van der Waals surface area (Å²) in [5, 5.41) is 0. The molecule has 0 atom stereocenters. The zero-order valence-electron chi connectivity index (χ0n) is 10.8. The summed E-state index contributed by atoms with van der Waals surface area (Å²) in [6.45, 7) is 6.87. The largest absolute Gasteiger partial charge is 0.493 e. The second-order valence-electron chi connectivity index (χ2n) is 4.14. The van der Waals surface area contributed by atoms with Crippen molar-refractivity contribution in [2.75, 3.05) is 13.2 Å². The van der Waals surface area contributed by atoms with E-state index >= 15 is 0 Å². The van der Waals surface area contributed by atoms with E-state index < -0.39 is 0 Å². The van der Waals surface area contributed by atoms with Gasteiger partial charge in [0.05, 0.1) is 19.6 Å². The number of ether oxygens (including phenoxy) is 2. The molecule has 0 aliphatic heterocycles. The van der Waals surface area contributed by atoms with Gasteiger partial charge < -0.3 is 9.47 Å². The van der Waals surface area contributed by atoms with Crippen LogP contribution in [-0.4, -0.2) is 19.2 Å². The van der Waals surface area contributed by atoms with Crippen LogP contribution in [0.2, 0.25) is 0 Å². The van der Waals surface area contributed by atoms with E-state index in [0.717, 1.165) is 23.3 Å². The lowest BCUT2D eigenvalue weighted by Crippen LogP contribution is -2.10. The van der Waals surface area contributed by atoms with Crippen molar-refractivity contribution < 1.29 is 14.3 Å². The lowest BCUT2D eigenvalue weighted by Gasteiger charge is -2.08. The maximum Gasteiger partial charge on any atom is 0.309 e. The summed E-state index contributed by atoms with van der Waals surface area (Å²) in [5.74, 6) is 0.613. The van der Waals surface area contributed by atoms with Gasteiger partial charge >= 0.3 is 5.97 Å². The van der Waals surface area contributed by atoms with Crippen LogP contribution in [0.25, 0.3) is 0 Å². The summed E-state index contributed by atoms with van der Waals surface area (Å²) in [6, 6.07) is 6.01. The van der Waals surface area contributed by atoms with Gasteiger partial charge in [-0.2, -0.15) is 0 Å². The number of esters is 1. The van der Waals surface area contributed by atoms with Crippen molar-refractivity contribution in [3.8, 4) is 5.75 Å². The van der Waals surface area contributed by atoms with E-state index in [1.165, 1.54) is 0 Å². The van der Waals surface area contributed by atoms with E-state index in [2.05, 4.69) is 6.07 Å². The summed E-state index contributed by atoms with van der Waals surface area (Å²) in [5.41, 5.74) is 2.32. The van der Waals surface area contributed by atoms with Gasteiger partial charge in [0.1, 0.15) is 5.75 Å². The van der Waals surface area contributed by atoms with Gasteiger partial charge in [-0.3, -0.25) is 4.79 Å². The van der Waals surface area contributed by atoms with Gasteiger partial charge in [0.25, 0.3) is 0 Å². The molecule has 3 nitrogen and oxygen atoms in total. The van der Waals surface area contributed by atoms with Crippen molar-refractivity contribution in [1.82, 2.24) is 0 Å². The Bertz CT molecular complexity index is 351. The Labute approximate surface area is 103 Å². The van der Waals surface area contributed by atoms with Gasteiger partial charge in [-0.15, -0.1) is 0 Å². The molecule has 0 aliphatic carbocycles. The minimum atomic E-state index is -0.198. The molecule has 0 aromatic heterocycles. The number of aryl methyl sites for hydroxylation is 2. The molecule has 0 N–H and O–H groups in total. The first kappa shape index (κ1) is 13.6. The minimum absolute atomic E-state index is 0.198. The number of hydrogen-bond donors (Lipinski definition) is 0. The van der Waals surface area contributed by atoms with Crippen LogP contribution in [-0.2, 0) is 9.53 Å². The molecular formula is C14H20O3. The smallest absolute Gasteiger partial charge is 0.309 e. The quantitative estimate of drug-likeness (QED) is 0.712. The highest BCUT2D eigenvalue weighted by Gasteiger charge is 2.03. The third-order valence-electron chi connectivity index (χ3n) is 2.24. The van der Waals surface area contributed by atoms with Crippen LogP contribution >= 0.6 is 0 Å². The SMILES string of the molecule is CCCOC(=O)CCOc1cc(C)cc(C)c1. The lowest BCUT2D eigenvalue weighted by atomic mass is 10.1. The zero-order chi connectivity index (χ0) is 12.7. The molecular weight excluding hydrogens is 216 g/mol. The summed E-state index contributed by atoms with van der Waals surface area (Å²) >= 11 is 0. The highest BCUT2D eigenvalue weighted by molar-refractivity contribution is 5.69. The maximum absolute atomic E-state index is 11.2. The average molecular weight is 236 g/mol. The molecule has 0 fully saturated rings. The number of carbonyl (C=O) groups is 1. The normalized spacial score (nSPS) is 10.1. The Morgan fingerprint density at radius 1 is 1.12 bits per heavy atom. The van der Waals surface area contributed by atoms with Crippen molar-refractivity contribution in [1.29, 1.82) is 0 Å². The molecule has 94 valence electrons. The first-order chi connectivity index (χ1) is 8.11. The van der Waals surface area contributed by atoms with Gasteiger partial charge in [0.2, 0.25) is 0 Å². The molecule has 3 heteroatoms. The summed E-state index contributed by atoms with van der Waals surface area (Å²) < 4.78 is 10.5. The third-order valence-corrected chi connectivity index (χ3v) is 2.24. The Hall–Kier alpha value is -1.51. The molecule has 1 aromatic carbocycles. The first-order valence-corrected chi connectivity index (χ1v) is 5.98. The zero-order valence-corrected chi connectivity index (χ0v) is 10.8. The fourth-order valence-electron chi connectivity index (χ4n) is 1.56. The molecule has 0 saturated carbocycles. The number of hydrogen-bond acceptors (Lipinski definition) is 3. The second-order valence-corrected chi connectivity index (χ2v) is 4.14. The van der Waals surface area contributed by atoms with Gasteiger partial charge in [0.15, 0.2) is 0 Å². The van der Waals surface area contributed by atoms with Crippen LogP contribution in [0, 0.1) is 13.8 Å². The molecule has 0 bridgehead atoms. The van der Waals surface area contributed by atoms with Crippen LogP contribution in [0.5, 0.6) is 5.75 Å². The Balaban J connectivity index is 2.33. The number of rotatable bonds is 6. The van der Waals surface area contributed by atoms with Gasteiger partial charge in [0, 0.05) is 0 Å². The molecule has 0 amide bonds. The van der Waals surface area contributed by atoms with E-state index in [1.54, 1.807) is 0 Å². The standard InChI is InChI=1S/C14H20O3/c1-4-6-17-14(15)5-7-16-13-9-11(2)8-12(3)10-13/h8-10H,4-7H2,1-3H3. The highest BCUT2D eigenvalue weighted by Crippen LogP contribution is 2.16. The molecule has 0 saturated heterocycles. The highest BCUT2D eigenvalue weighted by atomic mass is 16.5. The van der Waals surface area contributed by atoms with Crippen LogP contribution in [0.15, 0.2) is 18.2 Å². The Kier molecular flexibility index (Phi) is 5.53. The van der Waals surface area contributed by atoms with Gasteiger partial charge in [-0.1, -0.05) is 13.0 Å². The summed E-state index contributed by atoms with van der Waals surface area (Å²) in [7, 11) is 0.